The van der Waals surface area contributed by atoms with Crippen molar-refractivity contribution in [3.8, 4) is 5.75 Å². The Balaban J connectivity index is 1.42. The first-order valence-corrected chi connectivity index (χ1v) is 10.5. The van der Waals surface area contributed by atoms with Crippen LogP contribution in [0, 0.1) is 5.82 Å². The Morgan fingerprint density at radius 3 is 2.61 bits per heavy atom. The predicted octanol–water partition coefficient (Wildman–Crippen LogP) is 5.52. The van der Waals surface area contributed by atoms with Gasteiger partial charge in [-0.1, -0.05) is 17.7 Å². The number of aryl methyl sites for hydroxylation is 1. The lowest BCUT2D eigenvalue weighted by molar-refractivity contribution is -0.138. The van der Waals surface area contributed by atoms with Gasteiger partial charge in [0.2, 0.25) is 0 Å². The molecular formula is C24H23F4NO4. The lowest BCUT2D eigenvalue weighted by Gasteiger charge is -2.39. The van der Waals surface area contributed by atoms with Crippen LogP contribution in [0.4, 0.5) is 22.4 Å². The zero-order valence-corrected chi connectivity index (χ0v) is 17.9. The van der Waals surface area contributed by atoms with Crippen LogP contribution in [0.1, 0.15) is 35.6 Å². The minimum absolute atomic E-state index is 0.125. The molecule has 0 radical (unpaired) electrons. The molecule has 4 rings (SSSR count). The van der Waals surface area contributed by atoms with Crippen LogP contribution in [0.2, 0.25) is 0 Å². The van der Waals surface area contributed by atoms with Gasteiger partial charge in [0.1, 0.15) is 24.3 Å². The number of rotatable bonds is 6. The number of alkyl halides is 3. The average molecular weight is 465 g/mol. The quantitative estimate of drug-likeness (QED) is 0.450. The molecule has 1 N–H and O–H groups in total. The van der Waals surface area contributed by atoms with Gasteiger partial charge in [-0.25, -0.2) is 9.18 Å². The molecule has 1 aliphatic carbocycles. The molecule has 0 bridgehead atoms. The van der Waals surface area contributed by atoms with Gasteiger partial charge in [-0.15, -0.1) is 0 Å². The number of halogens is 4. The molecule has 2 aromatic carbocycles. The summed E-state index contributed by atoms with van der Waals surface area (Å²) < 4.78 is 63.2. The Morgan fingerprint density at radius 1 is 1.15 bits per heavy atom. The third-order valence-electron chi connectivity index (χ3n) is 6.08. The number of benzene rings is 2. The highest BCUT2D eigenvalue weighted by molar-refractivity contribution is 5.72. The largest absolute Gasteiger partial charge is 0.506 e. The monoisotopic (exact) mass is 465 g/mol. The summed E-state index contributed by atoms with van der Waals surface area (Å²) in [7, 11) is 0. The van der Waals surface area contributed by atoms with E-state index in [4.69, 9.17) is 14.6 Å². The molecule has 2 aliphatic rings. The highest BCUT2D eigenvalue weighted by Gasteiger charge is 2.34. The number of hydrogen-bond acceptors (Lipinski definition) is 4. The smallest absolute Gasteiger partial charge is 0.489 e. The molecule has 1 aliphatic heterocycles. The van der Waals surface area contributed by atoms with Crippen molar-refractivity contribution in [2.75, 3.05) is 19.6 Å². The SMILES string of the molecule is CC1=C(CN2CC(OC(=O)O)C2)CCc2cc(OCc3ccc(F)cc3C(F)(F)F)ccc21. The highest BCUT2D eigenvalue weighted by atomic mass is 19.4. The molecule has 0 unspecified atom stereocenters. The third kappa shape index (κ3) is 5.30. The van der Waals surface area contributed by atoms with Gasteiger partial charge in [0.25, 0.3) is 0 Å². The second-order valence-electron chi connectivity index (χ2n) is 8.34. The number of ether oxygens (including phenoxy) is 2. The summed E-state index contributed by atoms with van der Waals surface area (Å²) in [6.45, 7) is 3.61. The van der Waals surface area contributed by atoms with Gasteiger partial charge in [-0.2, -0.15) is 13.2 Å². The van der Waals surface area contributed by atoms with Crippen LogP contribution in [-0.2, 0) is 23.9 Å². The molecule has 1 fully saturated rings. The Morgan fingerprint density at radius 2 is 1.91 bits per heavy atom. The molecule has 1 saturated heterocycles. The van der Waals surface area contributed by atoms with Gasteiger partial charge in [-0.05, 0) is 60.7 Å². The van der Waals surface area contributed by atoms with Gasteiger partial charge >= 0.3 is 12.3 Å². The van der Waals surface area contributed by atoms with Crippen LogP contribution in [0.3, 0.4) is 0 Å². The molecule has 5 nitrogen and oxygen atoms in total. The number of fused-ring (bicyclic) bond motifs is 1. The first-order valence-electron chi connectivity index (χ1n) is 10.5. The molecule has 9 heteroatoms. The normalized spacial score (nSPS) is 16.9. The molecular weight excluding hydrogens is 442 g/mol. The van der Waals surface area contributed by atoms with Gasteiger partial charge in [0, 0.05) is 25.2 Å². The molecule has 2 aromatic rings. The fraction of sp³-hybridized carbons (Fsp3) is 0.375. The van der Waals surface area contributed by atoms with E-state index < -0.39 is 23.7 Å². The molecule has 0 saturated carbocycles. The van der Waals surface area contributed by atoms with Crippen molar-refractivity contribution in [2.45, 2.75) is 38.7 Å². The van der Waals surface area contributed by atoms with Gasteiger partial charge in [-0.3, -0.25) is 4.90 Å². The van der Waals surface area contributed by atoms with Crippen LogP contribution < -0.4 is 4.74 Å². The van der Waals surface area contributed by atoms with E-state index >= 15 is 0 Å². The maximum atomic E-state index is 13.3. The van der Waals surface area contributed by atoms with Gasteiger partial charge in [0.05, 0.1) is 5.56 Å². The van der Waals surface area contributed by atoms with Crippen molar-refractivity contribution in [3.63, 3.8) is 0 Å². The standard InChI is InChI=1S/C24H23F4NO4/c1-14-16(10-29-11-20(12-29)33-23(30)31)3-2-15-8-19(6-7-21(14)15)32-13-17-4-5-18(25)9-22(17)24(26,27)28/h4-9,20H,2-3,10-13H2,1H3,(H,30,31). The predicted molar refractivity (Wildman–Crippen MR) is 112 cm³/mol. The van der Waals surface area contributed by atoms with E-state index in [1.165, 1.54) is 5.57 Å². The second kappa shape index (κ2) is 9.05. The number of carbonyl (C=O) groups is 1. The maximum Gasteiger partial charge on any atom is 0.506 e. The summed E-state index contributed by atoms with van der Waals surface area (Å²) in [6, 6.07) is 8.04. The summed E-state index contributed by atoms with van der Waals surface area (Å²) in [5, 5.41) is 8.67. The topological polar surface area (TPSA) is 59.0 Å². The van der Waals surface area contributed by atoms with E-state index in [1.54, 1.807) is 6.07 Å². The van der Waals surface area contributed by atoms with Crippen molar-refractivity contribution < 1.29 is 36.9 Å². The number of hydrogen-bond donors (Lipinski definition) is 1. The van der Waals surface area contributed by atoms with Crippen LogP contribution in [0.5, 0.6) is 5.75 Å². The van der Waals surface area contributed by atoms with Gasteiger partial charge in [0.15, 0.2) is 0 Å². The number of carboxylic acid groups (broad SMARTS) is 1. The number of nitrogens with zero attached hydrogens (tertiary/aromatic N) is 1. The average Bonchev–Trinajstić information content (AvgIpc) is 2.72. The third-order valence-corrected chi connectivity index (χ3v) is 6.08. The summed E-state index contributed by atoms with van der Waals surface area (Å²) in [5.41, 5.74) is 3.37. The minimum atomic E-state index is -4.66. The van der Waals surface area contributed by atoms with Crippen molar-refractivity contribution in [2.24, 2.45) is 0 Å². The number of likely N-dealkylation sites (tertiary alicyclic amines) is 1. The van der Waals surface area contributed by atoms with E-state index in [9.17, 15) is 22.4 Å². The molecule has 33 heavy (non-hydrogen) atoms. The summed E-state index contributed by atoms with van der Waals surface area (Å²) in [5.74, 6) is -0.486. The fourth-order valence-corrected chi connectivity index (χ4v) is 4.33. The minimum Gasteiger partial charge on any atom is -0.489 e. The zero-order valence-electron chi connectivity index (χ0n) is 17.9. The van der Waals surface area contributed by atoms with Crippen LogP contribution in [0.25, 0.3) is 5.57 Å². The lowest BCUT2D eigenvalue weighted by Crippen LogP contribution is -2.53. The van der Waals surface area contributed by atoms with Crippen LogP contribution in [0.15, 0.2) is 42.0 Å². The summed E-state index contributed by atoms with van der Waals surface area (Å²) in [4.78, 5) is 12.7. The molecule has 1 heterocycles. The van der Waals surface area contributed by atoms with Crippen molar-refractivity contribution in [1.29, 1.82) is 0 Å². The summed E-state index contributed by atoms with van der Waals surface area (Å²) >= 11 is 0. The van der Waals surface area contributed by atoms with Crippen molar-refractivity contribution in [1.82, 2.24) is 4.90 Å². The summed E-state index contributed by atoms with van der Waals surface area (Å²) in [6.07, 6.45) is -4.59. The zero-order chi connectivity index (χ0) is 23.8. The number of allylic oxidation sites excluding steroid dienone is 1. The van der Waals surface area contributed by atoms with E-state index in [0.29, 0.717) is 24.9 Å². The molecule has 0 amide bonds. The Bertz CT molecular complexity index is 1090. The molecule has 0 spiro atoms. The van der Waals surface area contributed by atoms with E-state index in [-0.39, 0.29) is 18.3 Å². The maximum absolute atomic E-state index is 13.3. The second-order valence-corrected chi connectivity index (χ2v) is 8.34. The van der Waals surface area contributed by atoms with E-state index in [1.807, 2.05) is 19.1 Å². The van der Waals surface area contributed by atoms with Crippen LogP contribution >= 0.6 is 0 Å². The highest BCUT2D eigenvalue weighted by Crippen LogP contribution is 2.36. The van der Waals surface area contributed by atoms with Crippen molar-refractivity contribution >= 4 is 11.7 Å². The molecule has 0 aromatic heterocycles. The molecule has 176 valence electrons. The lowest BCUT2D eigenvalue weighted by atomic mass is 9.85. The Kier molecular flexibility index (Phi) is 6.34. The fourth-order valence-electron chi connectivity index (χ4n) is 4.33. The molecule has 0 atom stereocenters. The van der Waals surface area contributed by atoms with Crippen LogP contribution in [-0.4, -0.2) is 41.9 Å². The van der Waals surface area contributed by atoms with Crippen molar-refractivity contribution in [3.05, 3.63) is 70.0 Å². The van der Waals surface area contributed by atoms with E-state index in [2.05, 4.69) is 4.90 Å². The van der Waals surface area contributed by atoms with E-state index in [0.717, 1.165) is 48.2 Å². The Labute approximate surface area is 188 Å². The first-order chi connectivity index (χ1) is 15.6. The first kappa shape index (κ1) is 23.1. The Hall–Kier alpha value is -3.07. The van der Waals surface area contributed by atoms with Gasteiger partial charge < -0.3 is 14.6 Å².